The number of rotatable bonds is 9. The summed E-state index contributed by atoms with van der Waals surface area (Å²) in [5.41, 5.74) is -0.755. The molecule has 1 N–H and O–H groups in total. The standard InChI is InChI=1S/C24H25F3N5O2/c1-14(2)11-28-12-16-5-6-18(24(25,26)27)17(9-16)23-29-20(10-21(33)30-23)19-7-8-22(32-31-19)34-13-15-3-4-15/h5-10,14-15H,3-4,11-13H2,1-2H3,(H,29,30,33)/q-1. The maximum Gasteiger partial charge on any atom is 0.417 e. The predicted molar refractivity (Wildman–Crippen MR) is 121 cm³/mol. The van der Waals surface area contributed by atoms with Gasteiger partial charge < -0.3 is 15.0 Å². The number of aromatic amines is 1. The van der Waals surface area contributed by atoms with E-state index in [1.54, 1.807) is 12.1 Å². The Morgan fingerprint density at radius 3 is 2.56 bits per heavy atom. The number of nitrogens with zero attached hydrogens (tertiary/aromatic N) is 4. The van der Waals surface area contributed by atoms with Crippen LogP contribution in [0.1, 0.15) is 37.8 Å². The van der Waals surface area contributed by atoms with Crippen molar-refractivity contribution in [2.45, 2.75) is 39.4 Å². The van der Waals surface area contributed by atoms with Gasteiger partial charge >= 0.3 is 6.18 Å². The molecule has 1 saturated carbocycles. The summed E-state index contributed by atoms with van der Waals surface area (Å²) < 4.78 is 46.8. The normalized spacial score (nSPS) is 13.9. The molecule has 0 bridgehead atoms. The summed E-state index contributed by atoms with van der Waals surface area (Å²) in [4.78, 5) is 19.0. The van der Waals surface area contributed by atoms with Gasteiger partial charge in [-0.15, -0.1) is 23.3 Å². The maximum atomic E-state index is 13.7. The van der Waals surface area contributed by atoms with Gasteiger partial charge in [0.15, 0.2) is 0 Å². The van der Waals surface area contributed by atoms with E-state index in [0.717, 1.165) is 18.9 Å². The number of nitrogens with one attached hydrogen (secondary N) is 1. The van der Waals surface area contributed by atoms with E-state index < -0.39 is 17.3 Å². The van der Waals surface area contributed by atoms with Crippen LogP contribution in [0.15, 0.2) is 41.2 Å². The number of halogens is 3. The number of benzene rings is 1. The first-order chi connectivity index (χ1) is 16.2. The molecule has 0 unspecified atom stereocenters. The van der Waals surface area contributed by atoms with Crippen LogP contribution < -0.4 is 10.3 Å². The largest absolute Gasteiger partial charge is 0.658 e. The Bertz CT molecular complexity index is 1190. The van der Waals surface area contributed by atoms with E-state index >= 15 is 0 Å². The quantitative estimate of drug-likeness (QED) is 0.460. The van der Waals surface area contributed by atoms with E-state index in [2.05, 4.69) is 25.5 Å². The first-order valence-corrected chi connectivity index (χ1v) is 11.1. The van der Waals surface area contributed by atoms with E-state index in [0.29, 0.717) is 36.4 Å². The van der Waals surface area contributed by atoms with Crippen LogP contribution in [-0.2, 0) is 12.7 Å². The topological polar surface area (TPSA) is 94.9 Å². The van der Waals surface area contributed by atoms with E-state index in [-0.39, 0.29) is 29.3 Å². The lowest BCUT2D eigenvalue weighted by Crippen LogP contribution is -2.13. The zero-order valence-electron chi connectivity index (χ0n) is 18.9. The second-order valence-electron chi connectivity index (χ2n) is 8.83. The molecular formula is C24H25F3N5O2-. The third-order valence-electron chi connectivity index (χ3n) is 5.24. The lowest BCUT2D eigenvalue weighted by Gasteiger charge is -2.22. The number of aromatic nitrogens is 4. The summed E-state index contributed by atoms with van der Waals surface area (Å²) in [6.07, 6.45) is -2.35. The molecule has 0 atom stereocenters. The summed E-state index contributed by atoms with van der Waals surface area (Å²) >= 11 is 0. The van der Waals surface area contributed by atoms with Crippen molar-refractivity contribution in [3.63, 3.8) is 0 Å². The highest BCUT2D eigenvalue weighted by molar-refractivity contribution is 5.65. The van der Waals surface area contributed by atoms with Crippen LogP contribution >= 0.6 is 0 Å². The van der Waals surface area contributed by atoms with E-state index in [1.807, 2.05) is 13.8 Å². The van der Waals surface area contributed by atoms with Crippen LogP contribution in [0, 0.1) is 11.8 Å². The van der Waals surface area contributed by atoms with Crippen molar-refractivity contribution in [2.75, 3.05) is 13.2 Å². The van der Waals surface area contributed by atoms with Gasteiger partial charge in [-0.1, -0.05) is 31.4 Å². The summed E-state index contributed by atoms with van der Waals surface area (Å²) in [5.74, 6) is 1.04. The van der Waals surface area contributed by atoms with Crippen molar-refractivity contribution in [1.82, 2.24) is 20.2 Å². The molecule has 0 amide bonds. The van der Waals surface area contributed by atoms with Crippen LogP contribution in [0.5, 0.6) is 5.88 Å². The molecule has 10 heteroatoms. The molecular weight excluding hydrogens is 447 g/mol. The summed E-state index contributed by atoms with van der Waals surface area (Å²) in [5, 5.41) is 12.4. The minimum Gasteiger partial charge on any atom is -0.658 e. The van der Waals surface area contributed by atoms with Crippen molar-refractivity contribution in [3.05, 3.63) is 63.2 Å². The van der Waals surface area contributed by atoms with Crippen LogP contribution in [0.3, 0.4) is 0 Å². The second kappa shape index (κ2) is 9.92. The fourth-order valence-corrected chi connectivity index (χ4v) is 3.32. The molecule has 3 aromatic rings. The smallest absolute Gasteiger partial charge is 0.417 e. The van der Waals surface area contributed by atoms with Crippen molar-refractivity contribution in [2.24, 2.45) is 11.8 Å². The minimum absolute atomic E-state index is 0.114. The SMILES string of the molecule is CC(C)C[N-]Cc1ccc(C(F)(F)F)c(-c2nc(-c3ccc(OCC4CC4)nn3)cc(=O)[nH]2)c1. The molecule has 0 spiro atoms. The highest BCUT2D eigenvalue weighted by atomic mass is 19.4. The molecule has 0 aliphatic heterocycles. The Morgan fingerprint density at radius 2 is 1.91 bits per heavy atom. The van der Waals surface area contributed by atoms with Gasteiger partial charge in [-0.2, -0.15) is 13.2 Å². The monoisotopic (exact) mass is 472 g/mol. The van der Waals surface area contributed by atoms with Crippen LogP contribution in [0.4, 0.5) is 13.2 Å². The molecule has 0 saturated heterocycles. The fourth-order valence-electron chi connectivity index (χ4n) is 3.32. The zero-order chi connectivity index (χ0) is 24.3. The molecule has 1 aromatic carbocycles. The molecule has 1 aliphatic rings. The maximum absolute atomic E-state index is 13.7. The molecule has 7 nitrogen and oxygen atoms in total. The van der Waals surface area contributed by atoms with Gasteiger partial charge in [-0.25, -0.2) is 4.98 Å². The predicted octanol–water partition coefficient (Wildman–Crippen LogP) is 5.23. The molecule has 0 radical (unpaired) electrons. The Hall–Kier alpha value is -3.27. The van der Waals surface area contributed by atoms with Gasteiger partial charge in [0, 0.05) is 17.7 Å². The minimum atomic E-state index is -4.63. The lowest BCUT2D eigenvalue weighted by atomic mass is 10.0. The average molecular weight is 472 g/mol. The van der Waals surface area contributed by atoms with Crippen LogP contribution in [0.25, 0.3) is 28.1 Å². The highest BCUT2D eigenvalue weighted by Crippen LogP contribution is 2.37. The Morgan fingerprint density at radius 1 is 1.12 bits per heavy atom. The summed E-state index contributed by atoms with van der Waals surface area (Å²) in [6.45, 7) is 5.45. The number of H-pyrrole nitrogens is 1. The van der Waals surface area contributed by atoms with Crippen molar-refractivity contribution >= 4 is 0 Å². The number of ether oxygens (including phenoxy) is 1. The lowest BCUT2D eigenvalue weighted by molar-refractivity contribution is -0.137. The fraction of sp³-hybridized carbons (Fsp3) is 0.417. The first-order valence-electron chi connectivity index (χ1n) is 11.1. The molecule has 4 rings (SSSR count). The Kier molecular flexibility index (Phi) is 6.97. The van der Waals surface area contributed by atoms with E-state index in [4.69, 9.17) is 4.74 Å². The zero-order valence-corrected chi connectivity index (χ0v) is 18.9. The van der Waals surface area contributed by atoms with Crippen molar-refractivity contribution in [3.8, 4) is 28.7 Å². The van der Waals surface area contributed by atoms with Crippen LogP contribution in [-0.4, -0.2) is 33.3 Å². The van der Waals surface area contributed by atoms with Crippen LogP contribution in [0.2, 0.25) is 0 Å². The number of hydrogen-bond acceptors (Lipinski definition) is 5. The third kappa shape index (κ3) is 6.19. The number of alkyl halides is 3. The van der Waals surface area contributed by atoms with Crippen molar-refractivity contribution in [1.29, 1.82) is 0 Å². The van der Waals surface area contributed by atoms with E-state index in [1.165, 1.54) is 18.2 Å². The van der Waals surface area contributed by atoms with Gasteiger partial charge in [0.2, 0.25) is 5.88 Å². The average Bonchev–Trinajstić information content (AvgIpc) is 3.61. The Balaban J connectivity index is 1.65. The van der Waals surface area contributed by atoms with Gasteiger partial charge in [-0.3, -0.25) is 4.79 Å². The molecule has 2 heterocycles. The van der Waals surface area contributed by atoms with Gasteiger partial charge in [-0.05, 0) is 37.0 Å². The van der Waals surface area contributed by atoms with Gasteiger partial charge in [0.05, 0.1) is 17.9 Å². The second-order valence-corrected chi connectivity index (χ2v) is 8.83. The molecule has 2 aromatic heterocycles. The van der Waals surface area contributed by atoms with Gasteiger partial charge in [0.1, 0.15) is 11.5 Å². The Labute approximate surface area is 194 Å². The molecule has 34 heavy (non-hydrogen) atoms. The highest BCUT2D eigenvalue weighted by Gasteiger charge is 2.34. The summed E-state index contributed by atoms with van der Waals surface area (Å²) in [6, 6.07) is 8.11. The molecule has 1 fully saturated rings. The van der Waals surface area contributed by atoms with Crippen molar-refractivity contribution < 1.29 is 17.9 Å². The number of hydrogen-bond donors (Lipinski definition) is 1. The molecule has 1 aliphatic carbocycles. The third-order valence-corrected chi connectivity index (χ3v) is 5.24. The first kappa shape index (κ1) is 23.9. The van der Waals surface area contributed by atoms with E-state index in [9.17, 15) is 18.0 Å². The summed E-state index contributed by atoms with van der Waals surface area (Å²) in [7, 11) is 0. The molecule has 180 valence electrons. The van der Waals surface area contributed by atoms with Gasteiger partial charge in [0.25, 0.3) is 5.56 Å².